The van der Waals surface area contributed by atoms with Crippen molar-refractivity contribution < 1.29 is 14.5 Å². The van der Waals surface area contributed by atoms with Gasteiger partial charge in [0.2, 0.25) is 0 Å². The van der Waals surface area contributed by atoms with Crippen molar-refractivity contribution in [2.75, 3.05) is 6.61 Å². The van der Waals surface area contributed by atoms with Crippen molar-refractivity contribution in [3.05, 3.63) is 38.8 Å². The average Bonchev–Trinajstić information content (AvgIpc) is 2.32. The minimum absolute atomic E-state index is 0.291. The molecule has 0 aliphatic carbocycles. The van der Waals surface area contributed by atoms with Crippen LogP contribution in [-0.2, 0) is 16.1 Å². The van der Waals surface area contributed by atoms with Crippen LogP contribution in [-0.4, -0.2) is 22.1 Å². The minimum atomic E-state index is -0.810. The third kappa shape index (κ3) is 3.69. The van der Waals surface area contributed by atoms with Crippen molar-refractivity contribution in [3.8, 4) is 0 Å². The molecule has 0 amide bonds. The predicted octanol–water partition coefficient (Wildman–Crippen LogP) is 1.10. The van der Waals surface area contributed by atoms with Crippen LogP contribution in [0.5, 0.6) is 0 Å². The van der Waals surface area contributed by atoms with Crippen LogP contribution < -0.4 is 5.56 Å². The van der Waals surface area contributed by atoms with Gasteiger partial charge in [-0.15, -0.1) is 0 Å². The van der Waals surface area contributed by atoms with Crippen LogP contribution in [0.25, 0.3) is 0 Å². The lowest BCUT2D eigenvalue weighted by Crippen LogP contribution is -2.26. The fourth-order valence-electron chi connectivity index (χ4n) is 1.30. The molecule has 1 rings (SSSR count). The topological polar surface area (TPSA) is 91.4 Å². The Morgan fingerprint density at radius 3 is 2.89 bits per heavy atom. The Labute approximate surface area is 103 Å². The molecule has 1 aromatic heterocycles. The molecule has 0 saturated carbocycles. The number of carbonyl (C=O) groups is 1. The standard InChI is InChI=1S/C11H14N2O5/c1-2-3-7-18-10(14)8-12-6-4-5-9(11(12)15)13(16)17/h4-6H,2-3,7-8H2,1H3. The van der Waals surface area contributed by atoms with Gasteiger partial charge in [-0.1, -0.05) is 13.3 Å². The average molecular weight is 254 g/mol. The summed E-state index contributed by atoms with van der Waals surface area (Å²) in [6.07, 6.45) is 2.95. The highest BCUT2D eigenvalue weighted by Crippen LogP contribution is 2.02. The molecule has 0 aromatic carbocycles. The first kappa shape index (κ1) is 13.9. The number of ether oxygens (including phenoxy) is 1. The van der Waals surface area contributed by atoms with Gasteiger partial charge in [0, 0.05) is 12.3 Å². The van der Waals surface area contributed by atoms with Gasteiger partial charge in [-0.2, -0.15) is 0 Å². The maximum absolute atomic E-state index is 11.6. The third-order valence-electron chi connectivity index (χ3n) is 2.26. The second kappa shape index (κ2) is 6.53. The lowest BCUT2D eigenvalue weighted by molar-refractivity contribution is -0.386. The van der Waals surface area contributed by atoms with Crippen LogP contribution >= 0.6 is 0 Å². The molecule has 0 saturated heterocycles. The van der Waals surface area contributed by atoms with E-state index in [9.17, 15) is 19.7 Å². The molecule has 0 atom stereocenters. The minimum Gasteiger partial charge on any atom is -0.464 e. The first-order chi connectivity index (χ1) is 8.56. The smallest absolute Gasteiger partial charge is 0.334 e. The van der Waals surface area contributed by atoms with Crippen molar-refractivity contribution in [1.82, 2.24) is 4.57 Å². The molecular weight excluding hydrogens is 240 g/mol. The molecular formula is C11H14N2O5. The van der Waals surface area contributed by atoms with Gasteiger partial charge >= 0.3 is 17.2 Å². The van der Waals surface area contributed by atoms with Crippen molar-refractivity contribution in [2.24, 2.45) is 0 Å². The highest BCUT2D eigenvalue weighted by molar-refractivity contribution is 5.69. The van der Waals surface area contributed by atoms with Crippen LogP contribution in [0.2, 0.25) is 0 Å². The van der Waals surface area contributed by atoms with E-state index in [-0.39, 0.29) is 6.54 Å². The number of esters is 1. The second-order valence-electron chi connectivity index (χ2n) is 3.66. The highest BCUT2D eigenvalue weighted by Gasteiger charge is 2.15. The molecule has 0 aliphatic rings. The van der Waals surface area contributed by atoms with Crippen molar-refractivity contribution >= 4 is 11.7 Å². The van der Waals surface area contributed by atoms with Gasteiger partial charge in [0.05, 0.1) is 11.5 Å². The van der Waals surface area contributed by atoms with E-state index in [1.807, 2.05) is 6.92 Å². The summed E-state index contributed by atoms with van der Waals surface area (Å²) in [7, 11) is 0. The Bertz CT molecular complexity index is 494. The molecule has 0 aliphatic heterocycles. The largest absolute Gasteiger partial charge is 0.464 e. The van der Waals surface area contributed by atoms with Gasteiger partial charge < -0.3 is 4.74 Å². The van der Waals surface area contributed by atoms with Gasteiger partial charge in [-0.05, 0) is 12.5 Å². The normalized spacial score (nSPS) is 10.1. The van der Waals surface area contributed by atoms with Gasteiger partial charge in [0.15, 0.2) is 0 Å². The fraction of sp³-hybridized carbons (Fsp3) is 0.455. The molecule has 0 spiro atoms. The summed E-state index contributed by atoms with van der Waals surface area (Å²) >= 11 is 0. The molecule has 7 heteroatoms. The number of hydrogen-bond donors (Lipinski definition) is 0. The second-order valence-corrected chi connectivity index (χ2v) is 3.66. The van der Waals surface area contributed by atoms with Crippen LogP contribution in [0.1, 0.15) is 19.8 Å². The number of hydrogen-bond acceptors (Lipinski definition) is 5. The van der Waals surface area contributed by atoms with Gasteiger partial charge in [0.25, 0.3) is 0 Å². The molecule has 0 radical (unpaired) electrons. The zero-order valence-corrected chi connectivity index (χ0v) is 10.00. The summed E-state index contributed by atoms with van der Waals surface area (Å²) in [5.41, 5.74) is -1.37. The number of aromatic nitrogens is 1. The Hall–Kier alpha value is -2.18. The molecule has 18 heavy (non-hydrogen) atoms. The number of nitro groups is 1. The van der Waals surface area contributed by atoms with Crippen LogP contribution in [0, 0.1) is 10.1 Å². The van der Waals surface area contributed by atoms with E-state index in [0.717, 1.165) is 23.5 Å². The van der Waals surface area contributed by atoms with E-state index >= 15 is 0 Å². The molecule has 0 unspecified atom stereocenters. The summed E-state index contributed by atoms with van der Waals surface area (Å²) in [5, 5.41) is 10.5. The summed E-state index contributed by atoms with van der Waals surface area (Å²) < 4.78 is 5.84. The molecule has 1 aromatic rings. The number of carbonyl (C=O) groups excluding carboxylic acids is 1. The summed E-state index contributed by atoms with van der Waals surface area (Å²) in [4.78, 5) is 32.7. The molecule has 7 nitrogen and oxygen atoms in total. The van der Waals surface area contributed by atoms with Gasteiger partial charge in [0.1, 0.15) is 6.54 Å². The maximum atomic E-state index is 11.6. The molecule has 1 heterocycles. The van der Waals surface area contributed by atoms with Crippen molar-refractivity contribution in [2.45, 2.75) is 26.3 Å². The zero-order chi connectivity index (χ0) is 13.5. The molecule has 0 bridgehead atoms. The SMILES string of the molecule is CCCCOC(=O)Cn1cccc([N+](=O)[O-])c1=O. The zero-order valence-electron chi connectivity index (χ0n) is 10.00. The van der Waals surface area contributed by atoms with Crippen molar-refractivity contribution in [3.63, 3.8) is 0 Å². The molecule has 0 fully saturated rings. The predicted molar refractivity (Wildman–Crippen MR) is 63.2 cm³/mol. The van der Waals surface area contributed by atoms with E-state index in [1.54, 1.807) is 0 Å². The fourth-order valence-corrected chi connectivity index (χ4v) is 1.30. The first-order valence-corrected chi connectivity index (χ1v) is 5.55. The van der Waals surface area contributed by atoms with E-state index in [0.29, 0.717) is 6.61 Å². The van der Waals surface area contributed by atoms with Crippen LogP contribution in [0.15, 0.2) is 23.1 Å². The Morgan fingerprint density at radius 1 is 1.56 bits per heavy atom. The highest BCUT2D eigenvalue weighted by atomic mass is 16.6. The lowest BCUT2D eigenvalue weighted by Gasteiger charge is -2.05. The Balaban J connectivity index is 2.73. The summed E-state index contributed by atoms with van der Waals surface area (Å²) in [6.45, 7) is 1.93. The lowest BCUT2D eigenvalue weighted by atomic mass is 10.4. The summed E-state index contributed by atoms with van der Waals surface area (Å²) in [6, 6.07) is 2.44. The van der Waals surface area contributed by atoms with E-state index in [2.05, 4.69) is 0 Å². The number of rotatable bonds is 6. The third-order valence-corrected chi connectivity index (χ3v) is 2.26. The number of pyridine rings is 1. The first-order valence-electron chi connectivity index (χ1n) is 5.55. The molecule has 0 N–H and O–H groups in total. The Morgan fingerprint density at radius 2 is 2.28 bits per heavy atom. The van der Waals surface area contributed by atoms with Gasteiger partial charge in [-0.3, -0.25) is 24.3 Å². The quantitative estimate of drug-likeness (QED) is 0.328. The maximum Gasteiger partial charge on any atom is 0.334 e. The monoisotopic (exact) mass is 254 g/mol. The van der Waals surface area contributed by atoms with E-state index < -0.39 is 22.1 Å². The van der Waals surface area contributed by atoms with E-state index in [4.69, 9.17) is 4.74 Å². The molecule has 98 valence electrons. The van der Waals surface area contributed by atoms with E-state index in [1.165, 1.54) is 12.3 Å². The van der Waals surface area contributed by atoms with Crippen LogP contribution in [0.3, 0.4) is 0 Å². The van der Waals surface area contributed by atoms with Gasteiger partial charge in [-0.25, -0.2) is 0 Å². The summed E-state index contributed by atoms with van der Waals surface area (Å²) in [5.74, 6) is -0.578. The number of unbranched alkanes of at least 4 members (excludes halogenated alkanes) is 1. The van der Waals surface area contributed by atoms with Crippen molar-refractivity contribution in [1.29, 1.82) is 0 Å². The van der Waals surface area contributed by atoms with Crippen LogP contribution in [0.4, 0.5) is 5.69 Å². The Kier molecular flexibility index (Phi) is 5.04. The number of nitrogens with zero attached hydrogens (tertiary/aromatic N) is 2.